The molecule has 208 valence electrons. The Morgan fingerprint density at radius 3 is 2.00 bits per heavy atom. The normalized spacial score (nSPS) is 16.7. The van der Waals surface area contributed by atoms with Gasteiger partial charge in [0.25, 0.3) is 0 Å². The van der Waals surface area contributed by atoms with Crippen LogP contribution in [0.4, 0.5) is 0 Å². The fourth-order valence-corrected chi connectivity index (χ4v) is 6.66. The Balaban J connectivity index is 0.000000423. The van der Waals surface area contributed by atoms with Crippen LogP contribution in [-0.2, 0) is 12.8 Å². The highest BCUT2D eigenvalue weighted by molar-refractivity contribution is 6.46. The van der Waals surface area contributed by atoms with Crippen molar-refractivity contribution in [3.63, 3.8) is 0 Å². The van der Waals surface area contributed by atoms with Crippen molar-refractivity contribution in [1.29, 1.82) is 0 Å². The SMILES string of the molecule is CCC1C(Cl)=c2ccccc2=c2ccc3c(c21)CCC(Cc1c(C(=O)O)cccc1C(=O)O)C=3.Clc1ccccc1. The standard InChI is InChI=1S/C29H25ClO4.C6H5Cl/c1-2-18-26-19-12-10-16(15-25-23(28(31)32)8-5-9-24(25)29(33)34)14-17(19)11-13-21(26)20-6-3-4-7-22(20)27(18)30;7-6-4-2-1-3-5-6/h3-9,11,13-14,16,18H,2,10,12,15H2,1H3,(H,31,32)(H,33,34);1-5H. The molecule has 0 fully saturated rings. The molecule has 0 bridgehead atoms. The summed E-state index contributed by atoms with van der Waals surface area (Å²) in [7, 11) is 0. The van der Waals surface area contributed by atoms with Gasteiger partial charge in [0.2, 0.25) is 0 Å². The lowest BCUT2D eigenvalue weighted by atomic mass is 9.78. The third-order valence-corrected chi connectivity index (χ3v) is 8.67. The Kier molecular flexibility index (Phi) is 8.63. The van der Waals surface area contributed by atoms with Crippen molar-refractivity contribution in [1.82, 2.24) is 0 Å². The molecule has 6 heteroatoms. The highest BCUT2D eigenvalue weighted by Crippen LogP contribution is 2.37. The van der Waals surface area contributed by atoms with Crippen LogP contribution in [0.1, 0.15) is 63.1 Å². The second-order valence-corrected chi connectivity index (χ2v) is 11.2. The van der Waals surface area contributed by atoms with Gasteiger partial charge in [-0.15, -0.1) is 0 Å². The van der Waals surface area contributed by atoms with Gasteiger partial charge in [0.05, 0.1) is 11.1 Å². The van der Waals surface area contributed by atoms with E-state index in [2.05, 4.69) is 37.3 Å². The summed E-state index contributed by atoms with van der Waals surface area (Å²) in [6.45, 7) is 2.16. The monoisotopic (exact) mass is 584 g/mol. The smallest absolute Gasteiger partial charge is 0.335 e. The molecule has 41 heavy (non-hydrogen) atoms. The zero-order valence-electron chi connectivity index (χ0n) is 22.6. The molecule has 0 amide bonds. The molecular formula is C35H30Cl2O4. The molecule has 4 nitrogen and oxygen atoms in total. The predicted molar refractivity (Wildman–Crippen MR) is 164 cm³/mol. The second kappa shape index (κ2) is 12.3. The van der Waals surface area contributed by atoms with E-state index in [1.165, 1.54) is 39.8 Å². The van der Waals surface area contributed by atoms with Crippen LogP contribution in [0, 0.1) is 16.4 Å². The Morgan fingerprint density at radius 1 is 0.780 bits per heavy atom. The maximum atomic E-state index is 11.8. The van der Waals surface area contributed by atoms with E-state index >= 15 is 0 Å². The van der Waals surface area contributed by atoms with E-state index in [9.17, 15) is 19.8 Å². The molecule has 2 unspecified atom stereocenters. The van der Waals surface area contributed by atoms with Gasteiger partial charge in [0, 0.05) is 16.0 Å². The van der Waals surface area contributed by atoms with Gasteiger partial charge in [-0.05, 0) is 93.4 Å². The van der Waals surface area contributed by atoms with Crippen molar-refractivity contribution in [2.45, 2.75) is 38.5 Å². The summed E-state index contributed by atoms with van der Waals surface area (Å²) in [6, 6.07) is 26.5. The first-order valence-electron chi connectivity index (χ1n) is 13.7. The van der Waals surface area contributed by atoms with Gasteiger partial charge in [-0.3, -0.25) is 0 Å². The molecule has 0 radical (unpaired) electrons. The molecule has 6 rings (SSSR count). The first kappa shape index (κ1) is 28.7. The van der Waals surface area contributed by atoms with Crippen molar-refractivity contribution in [2.75, 3.05) is 0 Å². The Bertz CT molecular complexity index is 1820. The maximum absolute atomic E-state index is 11.8. The number of benzene rings is 4. The Hall–Kier alpha value is -3.86. The fraction of sp³-hybridized carbons (Fsp3) is 0.200. The number of halogens is 2. The average Bonchev–Trinajstić information content (AvgIpc) is 2.98. The van der Waals surface area contributed by atoms with Crippen LogP contribution >= 0.6 is 23.2 Å². The summed E-state index contributed by atoms with van der Waals surface area (Å²) in [5, 5.41) is 25.6. The largest absolute Gasteiger partial charge is 0.478 e. The molecule has 0 saturated heterocycles. The predicted octanol–water partition coefficient (Wildman–Crippen LogP) is 7.15. The third-order valence-electron chi connectivity index (χ3n) is 7.95. The van der Waals surface area contributed by atoms with Crippen molar-refractivity contribution in [2.24, 2.45) is 5.92 Å². The summed E-state index contributed by atoms with van der Waals surface area (Å²) < 4.78 is 0. The summed E-state index contributed by atoms with van der Waals surface area (Å²) in [5.74, 6) is -1.99. The minimum Gasteiger partial charge on any atom is -0.478 e. The van der Waals surface area contributed by atoms with E-state index in [4.69, 9.17) is 23.2 Å². The number of carbonyl (C=O) groups is 2. The fourth-order valence-electron chi connectivity index (χ4n) is 6.09. The van der Waals surface area contributed by atoms with Gasteiger partial charge in [0.1, 0.15) is 0 Å². The molecule has 0 aliphatic heterocycles. The van der Waals surface area contributed by atoms with E-state index in [1.54, 1.807) is 0 Å². The number of hydrogen-bond acceptors (Lipinski definition) is 2. The Labute approximate surface area is 248 Å². The maximum Gasteiger partial charge on any atom is 0.335 e. The Morgan fingerprint density at radius 2 is 1.41 bits per heavy atom. The first-order valence-corrected chi connectivity index (χ1v) is 14.5. The number of aromatic carboxylic acids is 2. The van der Waals surface area contributed by atoms with E-state index < -0.39 is 11.9 Å². The highest BCUT2D eigenvalue weighted by Gasteiger charge is 2.27. The molecule has 0 spiro atoms. The molecule has 2 aliphatic rings. The van der Waals surface area contributed by atoms with Gasteiger partial charge in [-0.1, -0.05) is 96.9 Å². The molecule has 2 atom stereocenters. The molecule has 4 aromatic carbocycles. The van der Waals surface area contributed by atoms with Crippen LogP contribution in [0.2, 0.25) is 5.02 Å². The summed E-state index contributed by atoms with van der Waals surface area (Å²) in [5.41, 5.74) is 3.12. The molecule has 0 aromatic heterocycles. The lowest BCUT2D eigenvalue weighted by Crippen LogP contribution is -2.26. The third kappa shape index (κ3) is 5.81. The molecule has 2 N–H and O–H groups in total. The van der Waals surface area contributed by atoms with Crippen molar-refractivity contribution in [3.8, 4) is 0 Å². The summed E-state index contributed by atoms with van der Waals surface area (Å²) in [4.78, 5) is 23.6. The van der Waals surface area contributed by atoms with Gasteiger partial charge in [-0.2, -0.15) is 0 Å². The number of rotatable bonds is 5. The van der Waals surface area contributed by atoms with Crippen LogP contribution in [0.5, 0.6) is 0 Å². The van der Waals surface area contributed by atoms with Crippen LogP contribution in [-0.4, -0.2) is 22.2 Å². The highest BCUT2D eigenvalue weighted by atomic mass is 35.5. The molecule has 4 aromatic rings. The van der Waals surface area contributed by atoms with Crippen molar-refractivity contribution >= 4 is 46.2 Å². The molecule has 0 saturated carbocycles. The zero-order chi connectivity index (χ0) is 29.1. The lowest BCUT2D eigenvalue weighted by Gasteiger charge is -2.27. The van der Waals surface area contributed by atoms with Gasteiger partial charge in [-0.25, -0.2) is 9.59 Å². The van der Waals surface area contributed by atoms with Crippen LogP contribution < -0.4 is 10.4 Å². The minimum atomic E-state index is -1.10. The van der Waals surface area contributed by atoms with E-state index in [1.807, 2.05) is 42.5 Å². The van der Waals surface area contributed by atoms with Gasteiger partial charge in [0.15, 0.2) is 0 Å². The lowest BCUT2D eigenvalue weighted by molar-refractivity contribution is 0.0695. The van der Waals surface area contributed by atoms with Gasteiger partial charge < -0.3 is 10.2 Å². The van der Waals surface area contributed by atoms with Crippen LogP contribution in [0.25, 0.3) is 11.1 Å². The van der Waals surface area contributed by atoms with Crippen molar-refractivity contribution in [3.05, 3.63) is 139 Å². The summed E-state index contributed by atoms with van der Waals surface area (Å²) in [6.07, 6.45) is 5.15. The van der Waals surface area contributed by atoms with Crippen LogP contribution in [0.15, 0.2) is 84.9 Å². The topological polar surface area (TPSA) is 74.6 Å². The number of hydrogen-bond donors (Lipinski definition) is 2. The average molecular weight is 586 g/mol. The van der Waals surface area contributed by atoms with E-state index in [0.29, 0.717) is 12.0 Å². The first-order chi connectivity index (χ1) is 19.8. The van der Waals surface area contributed by atoms with Gasteiger partial charge >= 0.3 is 11.9 Å². The van der Waals surface area contributed by atoms with Crippen molar-refractivity contribution < 1.29 is 19.8 Å². The zero-order valence-corrected chi connectivity index (χ0v) is 24.1. The quantitative estimate of drug-likeness (QED) is 0.261. The number of fused-ring (bicyclic) bond motifs is 4. The van der Waals surface area contributed by atoms with E-state index in [-0.39, 0.29) is 23.0 Å². The second-order valence-electron chi connectivity index (χ2n) is 10.4. The minimum absolute atomic E-state index is 0.0551. The summed E-state index contributed by atoms with van der Waals surface area (Å²) >= 11 is 12.4. The van der Waals surface area contributed by atoms with E-state index in [0.717, 1.165) is 39.8 Å². The molecule has 2 aliphatic carbocycles. The number of carboxylic acid groups (broad SMARTS) is 2. The number of carboxylic acids is 2. The molecule has 0 heterocycles. The molecular weight excluding hydrogens is 555 g/mol. The van der Waals surface area contributed by atoms with Crippen LogP contribution in [0.3, 0.4) is 0 Å².